The number of rotatable bonds is 2. The number of methoxy groups -OCH3 is 1. The molecule has 0 radical (unpaired) electrons. The smallest absolute Gasteiger partial charge is 0.339 e. The maximum atomic E-state index is 11.9. The van der Waals surface area contributed by atoms with Crippen LogP contribution in [-0.2, 0) is 4.74 Å². The van der Waals surface area contributed by atoms with Crippen molar-refractivity contribution in [1.82, 2.24) is 0 Å². The van der Waals surface area contributed by atoms with Gasteiger partial charge in [0.05, 0.1) is 18.4 Å². The van der Waals surface area contributed by atoms with Crippen molar-refractivity contribution in [3.8, 4) is 0 Å². The van der Waals surface area contributed by atoms with Crippen molar-refractivity contribution in [2.45, 2.75) is 46.5 Å². The molecule has 0 bridgehead atoms. The Balaban J connectivity index is 0.000000774. The molecule has 0 aromatic heterocycles. The molecule has 1 aromatic carbocycles. The lowest BCUT2D eigenvalue weighted by Gasteiger charge is -2.34. The number of aryl methyl sites for hydroxylation is 1. The molecule has 0 unspecified atom stereocenters. The van der Waals surface area contributed by atoms with E-state index in [1.807, 2.05) is 26.0 Å². The first-order valence-corrected chi connectivity index (χ1v) is 8.07. The molecule has 0 N–H and O–H groups in total. The summed E-state index contributed by atoms with van der Waals surface area (Å²) in [6, 6.07) is 5.97. The lowest BCUT2D eigenvalue weighted by atomic mass is 9.93. The van der Waals surface area contributed by atoms with E-state index in [9.17, 15) is 4.79 Å². The number of piperidine rings is 1. The number of benzene rings is 1. The maximum Gasteiger partial charge on any atom is 0.339 e. The minimum atomic E-state index is -0.235. The van der Waals surface area contributed by atoms with Crippen molar-refractivity contribution in [3.63, 3.8) is 0 Å². The Kier molecular flexibility index (Phi) is 4.92. The highest BCUT2D eigenvalue weighted by Gasteiger charge is 2.44. The molecular formula is C18H27NO2. The van der Waals surface area contributed by atoms with Gasteiger partial charge in [-0.15, -0.1) is 0 Å². The molecule has 2 fully saturated rings. The second-order valence-corrected chi connectivity index (χ2v) is 6.00. The van der Waals surface area contributed by atoms with E-state index in [2.05, 4.69) is 17.9 Å². The normalized spacial score (nSPS) is 18.8. The summed E-state index contributed by atoms with van der Waals surface area (Å²) in [4.78, 5) is 14.2. The minimum Gasteiger partial charge on any atom is -0.465 e. The Morgan fingerprint density at radius 2 is 1.76 bits per heavy atom. The van der Waals surface area contributed by atoms with Gasteiger partial charge in [-0.3, -0.25) is 0 Å². The lowest BCUT2D eigenvalue weighted by molar-refractivity contribution is 0.0601. The van der Waals surface area contributed by atoms with Gasteiger partial charge in [-0.25, -0.2) is 4.79 Å². The monoisotopic (exact) mass is 289 g/mol. The van der Waals surface area contributed by atoms with Gasteiger partial charge in [0.2, 0.25) is 0 Å². The third kappa shape index (κ3) is 3.39. The van der Waals surface area contributed by atoms with Crippen LogP contribution in [0.1, 0.15) is 55.5 Å². The van der Waals surface area contributed by atoms with Gasteiger partial charge < -0.3 is 9.64 Å². The van der Waals surface area contributed by atoms with Gasteiger partial charge in [0.25, 0.3) is 0 Å². The first kappa shape index (κ1) is 15.9. The number of nitrogens with zero attached hydrogens (tertiary/aromatic N) is 1. The number of anilines is 1. The second kappa shape index (κ2) is 6.50. The highest BCUT2D eigenvalue weighted by Crippen LogP contribution is 2.54. The summed E-state index contributed by atoms with van der Waals surface area (Å²) in [5, 5.41) is 0. The van der Waals surface area contributed by atoms with Crippen molar-refractivity contribution in [2.75, 3.05) is 25.1 Å². The molecule has 3 nitrogen and oxygen atoms in total. The third-order valence-corrected chi connectivity index (χ3v) is 4.68. The van der Waals surface area contributed by atoms with Crippen LogP contribution in [0.2, 0.25) is 0 Å². The standard InChI is InChI=1S/C16H21NO2.C2H6/c1-12-3-4-13(15(18)19-2)14(11-12)17-9-7-16(5-6-16)8-10-17;1-2/h3-4,11H,5-10H2,1-2H3;1-2H3. The van der Waals surface area contributed by atoms with Crippen molar-refractivity contribution < 1.29 is 9.53 Å². The number of esters is 1. The average Bonchev–Trinajstić information content (AvgIpc) is 3.28. The Labute approximate surface area is 128 Å². The maximum absolute atomic E-state index is 11.9. The Bertz CT molecular complexity index is 496. The molecule has 3 heteroatoms. The van der Waals surface area contributed by atoms with E-state index in [1.54, 1.807) is 0 Å². The fourth-order valence-corrected chi connectivity index (χ4v) is 3.08. The second-order valence-electron chi connectivity index (χ2n) is 6.00. The van der Waals surface area contributed by atoms with Crippen LogP contribution in [0.25, 0.3) is 0 Å². The minimum absolute atomic E-state index is 0.235. The molecule has 1 heterocycles. The van der Waals surface area contributed by atoms with Crippen molar-refractivity contribution in [3.05, 3.63) is 29.3 Å². The van der Waals surface area contributed by atoms with Gasteiger partial charge in [-0.2, -0.15) is 0 Å². The van der Waals surface area contributed by atoms with Crippen LogP contribution in [0, 0.1) is 12.3 Å². The predicted octanol–water partition coefficient (Wildman–Crippen LogP) is 4.19. The van der Waals surface area contributed by atoms with E-state index >= 15 is 0 Å². The fraction of sp³-hybridized carbons (Fsp3) is 0.611. The molecule has 1 spiro atoms. The molecule has 0 atom stereocenters. The molecule has 0 amide bonds. The van der Waals surface area contributed by atoms with Gasteiger partial charge in [-0.05, 0) is 55.7 Å². The Morgan fingerprint density at radius 3 is 2.29 bits per heavy atom. The fourth-order valence-electron chi connectivity index (χ4n) is 3.08. The zero-order valence-corrected chi connectivity index (χ0v) is 13.7. The molecule has 1 saturated heterocycles. The summed E-state index contributed by atoms with van der Waals surface area (Å²) < 4.78 is 4.90. The van der Waals surface area contributed by atoms with E-state index in [4.69, 9.17) is 4.74 Å². The van der Waals surface area contributed by atoms with Crippen LogP contribution in [-0.4, -0.2) is 26.2 Å². The summed E-state index contributed by atoms with van der Waals surface area (Å²) in [7, 11) is 1.45. The first-order valence-electron chi connectivity index (χ1n) is 8.07. The van der Waals surface area contributed by atoms with Crippen LogP contribution >= 0.6 is 0 Å². The zero-order chi connectivity index (χ0) is 15.5. The number of ether oxygens (including phenoxy) is 1. The summed E-state index contributed by atoms with van der Waals surface area (Å²) in [6.07, 6.45) is 5.33. The highest BCUT2D eigenvalue weighted by atomic mass is 16.5. The molecule has 2 aliphatic rings. The van der Waals surface area contributed by atoms with E-state index in [0.717, 1.165) is 18.8 Å². The first-order chi connectivity index (χ1) is 10.1. The highest BCUT2D eigenvalue weighted by molar-refractivity contribution is 5.96. The molecule has 1 saturated carbocycles. The van der Waals surface area contributed by atoms with Gasteiger partial charge in [-0.1, -0.05) is 19.9 Å². The summed E-state index contributed by atoms with van der Waals surface area (Å²) in [5.74, 6) is -0.235. The average molecular weight is 289 g/mol. The SMILES string of the molecule is CC.COC(=O)c1ccc(C)cc1N1CCC2(CC1)CC2. The molecule has 116 valence electrons. The van der Waals surface area contributed by atoms with Gasteiger partial charge in [0, 0.05) is 13.1 Å². The van der Waals surface area contributed by atoms with Crippen LogP contribution in [0.5, 0.6) is 0 Å². The van der Waals surface area contributed by atoms with Gasteiger partial charge in [0.15, 0.2) is 0 Å². The Morgan fingerprint density at radius 1 is 1.14 bits per heavy atom. The molecule has 21 heavy (non-hydrogen) atoms. The zero-order valence-electron chi connectivity index (χ0n) is 13.7. The molecule has 1 aliphatic carbocycles. The van der Waals surface area contributed by atoms with Crippen LogP contribution in [0.3, 0.4) is 0 Å². The molecular weight excluding hydrogens is 262 g/mol. The van der Waals surface area contributed by atoms with E-state index < -0.39 is 0 Å². The Hall–Kier alpha value is -1.51. The molecule has 1 aromatic rings. The topological polar surface area (TPSA) is 29.5 Å². The number of carbonyl (C=O) groups is 1. The number of carbonyl (C=O) groups excluding carboxylic acids is 1. The van der Waals surface area contributed by atoms with Gasteiger partial charge >= 0.3 is 5.97 Å². The third-order valence-electron chi connectivity index (χ3n) is 4.68. The van der Waals surface area contributed by atoms with E-state index in [0.29, 0.717) is 11.0 Å². The summed E-state index contributed by atoms with van der Waals surface area (Å²) >= 11 is 0. The molecule has 3 rings (SSSR count). The lowest BCUT2D eigenvalue weighted by Crippen LogP contribution is -2.35. The van der Waals surface area contributed by atoms with Crippen LogP contribution in [0.4, 0.5) is 5.69 Å². The van der Waals surface area contributed by atoms with Crippen molar-refractivity contribution in [2.24, 2.45) is 5.41 Å². The number of hydrogen-bond acceptors (Lipinski definition) is 3. The van der Waals surface area contributed by atoms with Crippen molar-refractivity contribution in [1.29, 1.82) is 0 Å². The largest absolute Gasteiger partial charge is 0.465 e. The van der Waals surface area contributed by atoms with E-state index in [1.165, 1.54) is 38.4 Å². The quantitative estimate of drug-likeness (QED) is 0.765. The van der Waals surface area contributed by atoms with Crippen LogP contribution < -0.4 is 4.90 Å². The summed E-state index contributed by atoms with van der Waals surface area (Å²) in [5.41, 5.74) is 3.59. The van der Waals surface area contributed by atoms with Gasteiger partial charge in [0.1, 0.15) is 0 Å². The van der Waals surface area contributed by atoms with E-state index in [-0.39, 0.29) is 5.97 Å². The van der Waals surface area contributed by atoms with Crippen LogP contribution in [0.15, 0.2) is 18.2 Å². The summed E-state index contributed by atoms with van der Waals surface area (Å²) in [6.45, 7) is 8.19. The number of hydrogen-bond donors (Lipinski definition) is 0. The predicted molar refractivity (Wildman–Crippen MR) is 87.0 cm³/mol. The molecule has 1 aliphatic heterocycles. The van der Waals surface area contributed by atoms with Crippen molar-refractivity contribution >= 4 is 11.7 Å².